The summed E-state index contributed by atoms with van der Waals surface area (Å²) in [6.45, 7) is 14.7. The lowest BCUT2D eigenvalue weighted by molar-refractivity contribution is -0.126. The molecule has 12 nitrogen and oxygen atoms in total. The molecule has 0 unspecified atom stereocenters. The molecule has 1 aromatic rings. The van der Waals surface area contributed by atoms with Crippen LogP contribution in [0.5, 0.6) is 5.75 Å². The summed E-state index contributed by atoms with van der Waals surface area (Å²) in [5.74, 6) is 6.01. The van der Waals surface area contributed by atoms with E-state index in [2.05, 4.69) is 41.6 Å². The fourth-order valence-corrected chi connectivity index (χ4v) is 3.97. The molecule has 2 amide bonds. The minimum absolute atomic E-state index is 0.0448. The van der Waals surface area contributed by atoms with Crippen molar-refractivity contribution in [1.29, 1.82) is 5.26 Å². The quantitative estimate of drug-likeness (QED) is 0.0581. The van der Waals surface area contributed by atoms with E-state index in [0.29, 0.717) is 63.5 Å². The zero-order valence-corrected chi connectivity index (χ0v) is 28.8. The number of carbonyl (C=O) groups is 2. The molecule has 0 aliphatic heterocycles. The number of ether oxygens (including phenoxy) is 6. The molecule has 0 heterocycles. The third-order valence-corrected chi connectivity index (χ3v) is 6.54. The number of amides is 2. The van der Waals surface area contributed by atoms with Gasteiger partial charge in [-0.2, -0.15) is 5.26 Å². The lowest BCUT2D eigenvalue weighted by atomic mass is 10.2. The van der Waals surface area contributed by atoms with E-state index in [0.717, 1.165) is 24.7 Å². The third-order valence-electron chi connectivity index (χ3n) is 5.79. The molecule has 1 aromatic carbocycles. The topological polar surface area (TPSA) is 149 Å². The summed E-state index contributed by atoms with van der Waals surface area (Å²) in [7, 11) is 0. The van der Waals surface area contributed by atoms with Gasteiger partial charge in [0.05, 0.1) is 52.8 Å². The SMILES string of the molecule is CC(C)C#CCNC(=O)COCCO[C@@](C)(COc1cccc(C(=O)NCCOCCOCCOCCCNC(C)C)c1)SC#N. The van der Waals surface area contributed by atoms with Crippen LogP contribution >= 0.6 is 11.8 Å². The molecule has 0 spiro atoms. The summed E-state index contributed by atoms with van der Waals surface area (Å²) in [6.07, 6.45) is 0.969. The summed E-state index contributed by atoms with van der Waals surface area (Å²) in [5, 5.41) is 20.1. The lowest BCUT2D eigenvalue weighted by Crippen LogP contribution is -2.34. The summed E-state index contributed by atoms with van der Waals surface area (Å²) in [6, 6.07) is 7.23. The Bertz CT molecular complexity index is 1090. The van der Waals surface area contributed by atoms with Crippen LogP contribution in [0, 0.1) is 28.4 Å². The summed E-state index contributed by atoms with van der Waals surface area (Å²) in [4.78, 5) is 23.4. The number of carbonyl (C=O) groups excluding carboxylic acids is 2. The zero-order valence-electron chi connectivity index (χ0n) is 28.0. The molecule has 0 bridgehead atoms. The maximum absolute atomic E-state index is 12.6. The number of nitrogens with one attached hydrogen (secondary N) is 3. The molecule has 1 atom stereocenters. The first-order chi connectivity index (χ1) is 22.1. The van der Waals surface area contributed by atoms with Crippen LogP contribution in [0.25, 0.3) is 0 Å². The molecule has 0 aliphatic carbocycles. The maximum atomic E-state index is 12.6. The van der Waals surface area contributed by atoms with Crippen molar-refractivity contribution in [2.45, 2.75) is 52.0 Å². The molecule has 258 valence electrons. The van der Waals surface area contributed by atoms with Crippen LogP contribution in [0.1, 0.15) is 51.4 Å². The number of thiocyanates is 1. The molecule has 0 aliphatic rings. The van der Waals surface area contributed by atoms with E-state index in [1.54, 1.807) is 31.2 Å². The van der Waals surface area contributed by atoms with Gasteiger partial charge >= 0.3 is 0 Å². The number of rotatable bonds is 26. The summed E-state index contributed by atoms with van der Waals surface area (Å²) < 4.78 is 33.6. The second kappa shape index (κ2) is 26.2. The monoisotopic (exact) mass is 664 g/mol. The Hall–Kier alpha value is -2.88. The van der Waals surface area contributed by atoms with Gasteiger partial charge in [-0.05, 0) is 49.9 Å². The van der Waals surface area contributed by atoms with Gasteiger partial charge in [-0.25, -0.2) is 0 Å². The molecule has 13 heteroatoms. The van der Waals surface area contributed by atoms with Crippen LogP contribution in [-0.4, -0.2) is 108 Å². The Labute approximate surface area is 278 Å². The number of benzene rings is 1. The smallest absolute Gasteiger partial charge is 0.251 e. The Morgan fingerprint density at radius 1 is 0.913 bits per heavy atom. The average Bonchev–Trinajstić information content (AvgIpc) is 3.02. The molecule has 1 rings (SSSR count). The highest BCUT2D eigenvalue weighted by molar-refractivity contribution is 8.04. The first-order valence-electron chi connectivity index (χ1n) is 15.7. The number of nitriles is 1. The van der Waals surface area contributed by atoms with E-state index < -0.39 is 4.93 Å². The Morgan fingerprint density at radius 2 is 1.61 bits per heavy atom. The van der Waals surface area contributed by atoms with Crippen LogP contribution in [0.2, 0.25) is 0 Å². The van der Waals surface area contributed by atoms with Gasteiger partial charge in [-0.3, -0.25) is 9.59 Å². The van der Waals surface area contributed by atoms with Crippen LogP contribution < -0.4 is 20.7 Å². The average molecular weight is 665 g/mol. The number of hydrogen-bond acceptors (Lipinski definition) is 11. The summed E-state index contributed by atoms with van der Waals surface area (Å²) in [5.41, 5.74) is 0.429. The van der Waals surface area contributed by atoms with Crippen molar-refractivity contribution in [3.05, 3.63) is 29.8 Å². The lowest BCUT2D eigenvalue weighted by Gasteiger charge is -2.26. The molecular formula is C33H52N4O8S. The second-order valence-corrected chi connectivity index (χ2v) is 12.1. The Balaban J connectivity index is 2.24. The first-order valence-corrected chi connectivity index (χ1v) is 16.5. The Kier molecular flexibility index (Phi) is 23.4. The second-order valence-electron chi connectivity index (χ2n) is 10.9. The number of nitrogens with zero attached hydrogens (tertiary/aromatic N) is 1. The molecule has 0 fully saturated rings. The van der Waals surface area contributed by atoms with Gasteiger partial charge in [0, 0.05) is 30.7 Å². The van der Waals surface area contributed by atoms with Gasteiger partial charge in [0.2, 0.25) is 5.91 Å². The Morgan fingerprint density at radius 3 is 2.30 bits per heavy atom. The molecule has 0 saturated heterocycles. The van der Waals surface area contributed by atoms with Gasteiger partial charge in [-0.15, -0.1) is 0 Å². The largest absolute Gasteiger partial charge is 0.490 e. The van der Waals surface area contributed by atoms with Crippen molar-refractivity contribution in [2.75, 3.05) is 85.7 Å². The fourth-order valence-electron chi connectivity index (χ4n) is 3.51. The minimum Gasteiger partial charge on any atom is -0.490 e. The van der Waals surface area contributed by atoms with Crippen molar-refractivity contribution in [2.24, 2.45) is 5.92 Å². The van der Waals surface area contributed by atoms with Gasteiger partial charge < -0.3 is 44.4 Å². The molecular weight excluding hydrogens is 612 g/mol. The van der Waals surface area contributed by atoms with Crippen molar-refractivity contribution >= 4 is 23.6 Å². The van der Waals surface area contributed by atoms with E-state index in [9.17, 15) is 14.9 Å². The van der Waals surface area contributed by atoms with Crippen LogP contribution in [0.3, 0.4) is 0 Å². The fraction of sp³-hybridized carbons (Fsp3) is 0.667. The van der Waals surface area contributed by atoms with Gasteiger partial charge in [0.15, 0.2) is 4.93 Å². The first kappa shape index (κ1) is 41.1. The molecule has 46 heavy (non-hydrogen) atoms. The highest BCUT2D eigenvalue weighted by Crippen LogP contribution is 2.27. The van der Waals surface area contributed by atoms with Crippen molar-refractivity contribution < 1.29 is 38.0 Å². The van der Waals surface area contributed by atoms with E-state index in [-0.39, 0.29) is 50.7 Å². The summed E-state index contributed by atoms with van der Waals surface area (Å²) >= 11 is 0.913. The van der Waals surface area contributed by atoms with Crippen molar-refractivity contribution in [3.8, 4) is 23.0 Å². The van der Waals surface area contributed by atoms with Crippen LogP contribution in [0.15, 0.2) is 24.3 Å². The molecule has 0 radical (unpaired) electrons. The van der Waals surface area contributed by atoms with Gasteiger partial charge in [0.1, 0.15) is 24.4 Å². The molecule has 3 N–H and O–H groups in total. The predicted octanol–water partition coefficient (Wildman–Crippen LogP) is 2.97. The van der Waals surface area contributed by atoms with Crippen LogP contribution in [-0.2, 0) is 28.5 Å². The standard InChI is InChI=1S/C33H52N4O8S/c1-27(2)9-7-12-36-31(38)24-43-21-22-45-33(5,46-26-34)25-44-30-11-6-10-29(23-30)32(39)37-14-16-41-18-20-42-19-17-40-15-8-13-35-28(3)4/h6,10-11,23,27-28,35H,8,12-22,24-25H2,1-5H3,(H,36,38)(H,37,39)/t33-/m1/s1. The van der Waals surface area contributed by atoms with Gasteiger partial charge in [0.25, 0.3) is 5.91 Å². The molecule has 0 aromatic heterocycles. The van der Waals surface area contributed by atoms with Crippen molar-refractivity contribution in [3.63, 3.8) is 0 Å². The normalized spacial score (nSPS) is 12.2. The van der Waals surface area contributed by atoms with Crippen LogP contribution in [0.4, 0.5) is 0 Å². The zero-order chi connectivity index (χ0) is 33.9. The number of hydrogen-bond donors (Lipinski definition) is 3. The van der Waals surface area contributed by atoms with E-state index in [1.165, 1.54) is 0 Å². The van der Waals surface area contributed by atoms with E-state index in [1.807, 2.05) is 19.2 Å². The predicted molar refractivity (Wildman–Crippen MR) is 178 cm³/mol. The van der Waals surface area contributed by atoms with Crippen molar-refractivity contribution in [1.82, 2.24) is 16.0 Å². The highest BCUT2D eigenvalue weighted by Gasteiger charge is 2.28. The molecule has 0 saturated carbocycles. The number of thioether (sulfide) groups is 1. The van der Waals surface area contributed by atoms with E-state index in [4.69, 9.17) is 28.4 Å². The maximum Gasteiger partial charge on any atom is 0.251 e. The highest BCUT2D eigenvalue weighted by atomic mass is 32.2. The third kappa shape index (κ3) is 22.6. The minimum atomic E-state index is -0.996. The van der Waals surface area contributed by atoms with Gasteiger partial charge in [-0.1, -0.05) is 45.6 Å². The van der Waals surface area contributed by atoms with E-state index >= 15 is 0 Å².